The van der Waals surface area contributed by atoms with Crippen LogP contribution in [0.1, 0.15) is 18.0 Å². The zero-order valence-corrected chi connectivity index (χ0v) is 9.97. The standard InChI is InChI=1S/C14H15N3O/c15-10-5-6-14(16-9-10)17-12-7-8-18-13-4-2-1-3-11(12)13/h1-6,9,12H,7-8,15H2,(H,16,17). The van der Waals surface area contributed by atoms with Crippen molar-refractivity contribution in [3.05, 3.63) is 48.2 Å². The molecule has 1 aromatic carbocycles. The molecule has 1 atom stereocenters. The number of nitrogens with two attached hydrogens (primary N) is 1. The van der Waals surface area contributed by atoms with E-state index in [2.05, 4.69) is 16.4 Å². The summed E-state index contributed by atoms with van der Waals surface area (Å²) in [5.41, 5.74) is 7.48. The molecule has 1 aromatic heterocycles. The van der Waals surface area contributed by atoms with Crippen LogP contribution in [0.5, 0.6) is 5.75 Å². The molecule has 4 heteroatoms. The van der Waals surface area contributed by atoms with Crippen molar-refractivity contribution in [2.24, 2.45) is 0 Å². The van der Waals surface area contributed by atoms with Crippen LogP contribution in [0.15, 0.2) is 42.6 Å². The van der Waals surface area contributed by atoms with E-state index in [1.165, 1.54) is 5.56 Å². The van der Waals surface area contributed by atoms with Crippen molar-refractivity contribution in [3.8, 4) is 5.75 Å². The highest BCUT2D eigenvalue weighted by atomic mass is 16.5. The molecule has 1 unspecified atom stereocenters. The molecular weight excluding hydrogens is 226 g/mol. The molecule has 3 rings (SSSR count). The summed E-state index contributed by atoms with van der Waals surface area (Å²) < 4.78 is 5.63. The van der Waals surface area contributed by atoms with Crippen molar-refractivity contribution in [2.75, 3.05) is 17.7 Å². The number of benzene rings is 1. The van der Waals surface area contributed by atoms with E-state index in [0.29, 0.717) is 5.69 Å². The van der Waals surface area contributed by atoms with Crippen LogP contribution in [-0.4, -0.2) is 11.6 Å². The van der Waals surface area contributed by atoms with E-state index in [9.17, 15) is 0 Å². The molecule has 1 aliphatic heterocycles. The second kappa shape index (κ2) is 4.56. The third kappa shape index (κ3) is 2.09. The Morgan fingerprint density at radius 1 is 1.22 bits per heavy atom. The summed E-state index contributed by atoms with van der Waals surface area (Å²) in [4.78, 5) is 4.27. The summed E-state index contributed by atoms with van der Waals surface area (Å²) >= 11 is 0. The van der Waals surface area contributed by atoms with E-state index in [4.69, 9.17) is 10.5 Å². The molecule has 0 spiro atoms. The van der Waals surface area contributed by atoms with Crippen LogP contribution in [0.2, 0.25) is 0 Å². The summed E-state index contributed by atoms with van der Waals surface area (Å²) in [6.07, 6.45) is 2.59. The normalized spacial score (nSPS) is 17.7. The van der Waals surface area contributed by atoms with Crippen molar-refractivity contribution in [2.45, 2.75) is 12.5 Å². The van der Waals surface area contributed by atoms with Gasteiger partial charge in [0.25, 0.3) is 0 Å². The molecule has 0 aliphatic carbocycles. The highest BCUT2D eigenvalue weighted by Gasteiger charge is 2.20. The maximum Gasteiger partial charge on any atom is 0.126 e. The highest BCUT2D eigenvalue weighted by molar-refractivity contribution is 5.47. The minimum absolute atomic E-state index is 0.242. The van der Waals surface area contributed by atoms with E-state index >= 15 is 0 Å². The van der Waals surface area contributed by atoms with Gasteiger partial charge < -0.3 is 15.8 Å². The van der Waals surface area contributed by atoms with Crippen LogP contribution >= 0.6 is 0 Å². The van der Waals surface area contributed by atoms with Gasteiger partial charge in [-0.25, -0.2) is 4.98 Å². The number of rotatable bonds is 2. The highest BCUT2D eigenvalue weighted by Crippen LogP contribution is 2.33. The molecule has 0 saturated carbocycles. The molecule has 0 radical (unpaired) electrons. The van der Waals surface area contributed by atoms with Crippen LogP contribution in [0, 0.1) is 0 Å². The first kappa shape index (κ1) is 10.9. The lowest BCUT2D eigenvalue weighted by Gasteiger charge is -2.27. The van der Waals surface area contributed by atoms with Gasteiger partial charge in [0, 0.05) is 12.0 Å². The molecule has 2 heterocycles. The quantitative estimate of drug-likeness (QED) is 0.848. The monoisotopic (exact) mass is 241 g/mol. The van der Waals surface area contributed by atoms with E-state index in [1.807, 2.05) is 30.3 Å². The molecule has 1 aliphatic rings. The Balaban J connectivity index is 1.84. The van der Waals surface area contributed by atoms with Crippen LogP contribution in [0.3, 0.4) is 0 Å². The molecule has 18 heavy (non-hydrogen) atoms. The van der Waals surface area contributed by atoms with Gasteiger partial charge in [0.1, 0.15) is 11.6 Å². The van der Waals surface area contributed by atoms with Crippen LogP contribution < -0.4 is 15.8 Å². The number of pyridine rings is 1. The number of nitrogens with zero attached hydrogens (tertiary/aromatic N) is 1. The largest absolute Gasteiger partial charge is 0.493 e. The molecule has 4 nitrogen and oxygen atoms in total. The molecule has 0 fully saturated rings. The Bertz CT molecular complexity index is 539. The summed E-state index contributed by atoms with van der Waals surface area (Å²) in [6, 6.07) is 12.1. The number of nitrogen functional groups attached to an aromatic ring is 1. The minimum atomic E-state index is 0.242. The lowest BCUT2D eigenvalue weighted by Crippen LogP contribution is -2.20. The van der Waals surface area contributed by atoms with Crippen molar-refractivity contribution in [1.82, 2.24) is 4.98 Å². The number of aromatic nitrogens is 1. The lowest BCUT2D eigenvalue weighted by atomic mass is 10.0. The number of anilines is 2. The number of para-hydroxylation sites is 1. The third-order valence-electron chi connectivity index (χ3n) is 3.07. The Hall–Kier alpha value is -2.23. The number of hydrogen-bond donors (Lipinski definition) is 2. The van der Waals surface area contributed by atoms with E-state index < -0.39 is 0 Å². The molecule has 3 N–H and O–H groups in total. The number of ether oxygens (including phenoxy) is 1. The Morgan fingerprint density at radius 3 is 2.94 bits per heavy atom. The molecule has 92 valence electrons. The fourth-order valence-electron chi connectivity index (χ4n) is 2.16. The number of nitrogens with one attached hydrogen (secondary N) is 1. The molecule has 2 aromatic rings. The zero-order valence-electron chi connectivity index (χ0n) is 9.97. The average Bonchev–Trinajstić information content (AvgIpc) is 2.42. The summed E-state index contributed by atoms with van der Waals surface area (Å²) in [7, 11) is 0. The predicted molar refractivity (Wildman–Crippen MR) is 71.6 cm³/mol. The van der Waals surface area contributed by atoms with Gasteiger partial charge in [0.2, 0.25) is 0 Å². The van der Waals surface area contributed by atoms with Gasteiger partial charge in [-0.05, 0) is 18.2 Å². The maximum atomic E-state index is 5.63. The van der Waals surface area contributed by atoms with Crippen LogP contribution in [-0.2, 0) is 0 Å². The Labute approximate surface area is 106 Å². The second-order valence-electron chi connectivity index (χ2n) is 4.35. The van der Waals surface area contributed by atoms with E-state index in [1.54, 1.807) is 6.20 Å². The zero-order chi connectivity index (χ0) is 12.4. The topological polar surface area (TPSA) is 60.2 Å². The first-order valence-corrected chi connectivity index (χ1v) is 6.03. The van der Waals surface area contributed by atoms with Crippen molar-refractivity contribution < 1.29 is 4.74 Å². The fraction of sp³-hybridized carbons (Fsp3) is 0.214. The maximum absolute atomic E-state index is 5.63. The number of fused-ring (bicyclic) bond motifs is 1. The van der Waals surface area contributed by atoms with Crippen molar-refractivity contribution in [3.63, 3.8) is 0 Å². The smallest absolute Gasteiger partial charge is 0.126 e. The van der Waals surface area contributed by atoms with Gasteiger partial charge in [-0.1, -0.05) is 18.2 Å². The van der Waals surface area contributed by atoms with Crippen molar-refractivity contribution in [1.29, 1.82) is 0 Å². The second-order valence-corrected chi connectivity index (χ2v) is 4.35. The lowest BCUT2D eigenvalue weighted by molar-refractivity contribution is 0.274. The first-order chi connectivity index (χ1) is 8.83. The fourth-order valence-corrected chi connectivity index (χ4v) is 2.16. The van der Waals surface area contributed by atoms with Crippen LogP contribution in [0.4, 0.5) is 11.5 Å². The SMILES string of the molecule is Nc1ccc(NC2CCOc3ccccc32)nc1. The Morgan fingerprint density at radius 2 is 2.11 bits per heavy atom. The average molecular weight is 241 g/mol. The van der Waals surface area contributed by atoms with Gasteiger partial charge in [-0.3, -0.25) is 0 Å². The van der Waals surface area contributed by atoms with Gasteiger partial charge in [0.15, 0.2) is 0 Å². The molecule has 0 amide bonds. The predicted octanol–water partition coefficient (Wildman–Crippen LogP) is 2.60. The summed E-state index contributed by atoms with van der Waals surface area (Å²) in [6.45, 7) is 0.726. The van der Waals surface area contributed by atoms with Gasteiger partial charge in [0.05, 0.1) is 24.5 Å². The van der Waals surface area contributed by atoms with Crippen molar-refractivity contribution >= 4 is 11.5 Å². The van der Waals surface area contributed by atoms with Gasteiger partial charge in [-0.2, -0.15) is 0 Å². The first-order valence-electron chi connectivity index (χ1n) is 6.03. The number of hydrogen-bond acceptors (Lipinski definition) is 4. The third-order valence-corrected chi connectivity index (χ3v) is 3.07. The molecule has 0 saturated heterocycles. The minimum Gasteiger partial charge on any atom is -0.493 e. The van der Waals surface area contributed by atoms with E-state index in [0.717, 1.165) is 24.6 Å². The van der Waals surface area contributed by atoms with Gasteiger partial charge in [-0.15, -0.1) is 0 Å². The molecule has 0 bridgehead atoms. The van der Waals surface area contributed by atoms with E-state index in [-0.39, 0.29) is 6.04 Å². The summed E-state index contributed by atoms with van der Waals surface area (Å²) in [5, 5.41) is 3.42. The van der Waals surface area contributed by atoms with Crippen LogP contribution in [0.25, 0.3) is 0 Å². The van der Waals surface area contributed by atoms with Gasteiger partial charge >= 0.3 is 0 Å². The molecular formula is C14H15N3O. The Kier molecular flexibility index (Phi) is 2.76. The summed E-state index contributed by atoms with van der Waals surface area (Å²) in [5.74, 6) is 1.79.